The van der Waals surface area contributed by atoms with Crippen LogP contribution in [0.4, 0.5) is 11.5 Å². The predicted molar refractivity (Wildman–Crippen MR) is 76.8 cm³/mol. The SMILES string of the molecule is Cc1cc(NC(=O)c2ccc(NCC(C)C)cn2)no1. The summed E-state index contributed by atoms with van der Waals surface area (Å²) in [5.41, 5.74) is 1.23. The molecule has 106 valence electrons. The minimum absolute atomic E-state index is 0.311. The van der Waals surface area contributed by atoms with E-state index in [4.69, 9.17) is 4.52 Å². The summed E-state index contributed by atoms with van der Waals surface area (Å²) in [5, 5.41) is 9.56. The van der Waals surface area contributed by atoms with E-state index in [0.29, 0.717) is 23.2 Å². The molecule has 2 aromatic heterocycles. The van der Waals surface area contributed by atoms with Crippen LogP contribution in [0.3, 0.4) is 0 Å². The highest BCUT2D eigenvalue weighted by molar-refractivity contribution is 6.02. The second-order valence-corrected chi connectivity index (χ2v) is 4.98. The number of hydrogen-bond donors (Lipinski definition) is 2. The first-order valence-electron chi connectivity index (χ1n) is 6.49. The van der Waals surface area contributed by atoms with Crippen molar-refractivity contribution in [3.63, 3.8) is 0 Å². The van der Waals surface area contributed by atoms with E-state index in [9.17, 15) is 4.79 Å². The number of anilines is 2. The number of rotatable bonds is 5. The molecule has 0 saturated heterocycles. The number of aromatic nitrogens is 2. The van der Waals surface area contributed by atoms with Crippen LogP contribution >= 0.6 is 0 Å². The van der Waals surface area contributed by atoms with E-state index in [1.165, 1.54) is 0 Å². The molecule has 0 spiro atoms. The van der Waals surface area contributed by atoms with Gasteiger partial charge < -0.3 is 15.2 Å². The number of aryl methyl sites for hydroxylation is 1. The lowest BCUT2D eigenvalue weighted by atomic mass is 10.2. The number of nitrogens with zero attached hydrogens (tertiary/aromatic N) is 2. The number of hydrogen-bond acceptors (Lipinski definition) is 5. The maximum Gasteiger partial charge on any atom is 0.275 e. The fraction of sp³-hybridized carbons (Fsp3) is 0.357. The van der Waals surface area contributed by atoms with Gasteiger partial charge in [0, 0.05) is 12.6 Å². The van der Waals surface area contributed by atoms with E-state index in [-0.39, 0.29) is 5.91 Å². The Morgan fingerprint density at radius 1 is 1.40 bits per heavy atom. The van der Waals surface area contributed by atoms with Crippen molar-refractivity contribution in [3.8, 4) is 0 Å². The number of amides is 1. The summed E-state index contributed by atoms with van der Waals surface area (Å²) < 4.78 is 4.88. The molecule has 2 N–H and O–H groups in total. The Labute approximate surface area is 117 Å². The fourth-order valence-corrected chi connectivity index (χ4v) is 1.56. The Hall–Kier alpha value is -2.37. The molecule has 1 amide bonds. The molecule has 6 nitrogen and oxygen atoms in total. The van der Waals surface area contributed by atoms with Gasteiger partial charge in [-0.15, -0.1) is 0 Å². The summed E-state index contributed by atoms with van der Waals surface area (Å²) in [7, 11) is 0. The highest BCUT2D eigenvalue weighted by Crippen LogP contribution is 2.11. The second-order valence-electron chi connectivity index (χ2n) is 4.98. The molecule has 0 aliphatic heterocycles. The van der Waals surface area contributed by atoms with E-state index < -0.39 is 0 Å². The molecule has 0 aromatic carbocycles. The Balaban J connectivity index is 1.96. The van der Waals surface area contributed by atoms with Crippen LogP contribution in [0.25, 0.3) is 0 Å². The third-order valence-corrected chi connectivity index (χ3v) is 2.58. The van der Waals surface area contributed by atoms with Crippen LogP contribution in [-0.4, -0.2) is 22.6 Å². The molecule has 0 atom stereocenters. The summed E-state index contributed by atoms with van der Waals surface area (Å²) in [6.07, 6.45) is 1.64. The highest BCUT2D eigenvalue weighted by Gasteiger charge is 2.10. The lowest BCUT2D eigenvalue weighted by Gasteiger charge is -2.08. The van der Waals surface area contributed by atoms with Crippen molar-refractivity contribution in [1.29, 1.82) is 0 Å². The Bertz CT molecular complexity index is 575. The molecular formula is C14H18N4O2. The summed E-state index contributed by atoms with van der Waals surface area (Å²) in [6, 6.07) is 5.15. The van der Waals surface area contributed by atoms with Crippen molar-refractivity contribution in [1.82, 2.24) is 10.1 Å². The molecular weight excluding hydrogens is 256 g/mol. The van der Waals surface area contributed by atoms with Gasteiger partial charge in [-0.05, 0) is 25.0 Å². The Kier molecular flexibility index (Phi) is 4.34. The van der Waals surface area contributed by atoms with E-state index in [2.05, 4.69) is 34.6 Å². The summed E-state index contributed by atoms with van der Waals surface area (Å²) >= 11 is 0. The topological polar surface area (TPSA) is 80.0 Å². The first kappa shape index (κ1) is 14.0. The average Bonchev–Trinajstić information content (AvgIpc) is 2.82. The van der Waals surface area contributed by atoms with E-state index in [0.717, 1.165) is 12.2 Å². The van der Waals surface area contributed by atoms with Crippen LogP contribution in [0.5, 0.6) is 0 Å². The summed E-state index contributed by atoms with van der Waals surface area (Å²) in [5.74, 6) is 1.26. The molecule has 0 bridgehead atoms. The molecule has 2 rings (SSSR count). The highest BCUT2D eigenvalue weighted by atomic mass is 16.5. The van der Waals surface area contributed by atoms with Gasteiger partial charge >= 0.3 is 0 Å². The van der Waals surface area contributed by atoms with Gasteiger partial charge in [-0.25, -0.2) is 4.98 Å². The molecule has 0 fully saturated rings. The van der Waals surface area contributed by atoms with Gasteiger partial charge in [-0.3, -0.25) is 4.79 Å². The van der Waals surface area contributed by atoms with Crippen molar-refractivity contribution in [3.05, 3.63) is 35.9 Å². The number of carbonyl (C=O) groups is 1. The first-order valence-corrected chi connectivity index (χ1v) is 6.49. The molecule has 0 unspecified atom stereocenters. The van der Waals surface area contributed by atoms with E-state index in [1.807, 2.05) is 6.07 Å². The Morgan fingerprint density at radius 2 is 2.20 bits per heavy atom. The molecule has 0 radical (unpaired) electrons. The van der Waals surface area contributed by atoms with E-state index >= 15 is 0 Å². The van der Waals surface area contributed by atoms with Crippen molar-refractivity contribution in [2.24, 2.45) is 5.92 Å². The maximum atomic E-state index is 11.9. The lowest BCUT2D eigenvalue weighted by Crippen LogP contribution is -2.14. The maximum absolute atomic E-state index is 11.9. The molecule has 0 aliphatic rings. The fourth-order valence-electron chi connectivity index (χ4n) is 1.56. The van der Waals surface area contributed by atoms with Gasteiger partial charge in [0.1, 0.15) is 11.5 Å². The van der Waals surface area contributed by atoms with Gasteiger partial charge in [0.15, 0.2) is 5.82 Å². The van der Waals surface area contributed by atoms with E-state index in [1.54, 1.807) is 25.3 Å². The molecule has 20 heavy (non-hydrogen) atoms. The zero-order valence-electron chi connectivity index (χ0n) is 11.8. The molecule has 2 heterocycles. The van der Waals surface area contributed by atoms with Crippen LogP contribution in [0.1, 0.15) is 30.1 Å². The molecule has 0 saturated carbocycles. The van der Waals surface area contributed by atoms with Gasteiger partial charge in [-0.1, -0.05) is 19.0 Å². The van der Waals surface area contributed by atoms with Gasteiger partial charge in [0.05, 0.1) is 11.9 Å². The van der Waals surface area contributed by atoms with Crippen LogP contribution in [-0.2, 0) is 0 Å². The van der Waals surface area contributed by atoms with Gasteiger partial charge in [0.2, 0.25) is 0 Å². The summed E-state index contributed by atoms with van der Waals surface area (Å²) in [4.78, 5) is 16.1. The van der Waals surface area contributed by atoms with Crippen molar-refractivity contribution < 1.29 is 9.32 Å². The first-order chi connectivity index (χ1) is 9.54. The average molecular weight is 274 g/mol. The zero-order chi connectivity index (χ0) is 14.5. The molecule has 0 aliphatic carbocycles. The smallest absolute Gasteiger partial charge is 0.275 e. The second kappa shape index (κ2) is 6.18. The third kappa shape index (κ3) is 3.81. The predicted octanol–water partition coefficient (Wildman–Crippen LogP) is 2.70. The molecule has 2 aromatic rings. The normalized spacial score (nSPS) is 10.6. The monoisotopic (exact) mass is 274 g/mol. The van der Waals surface area contributed by atoms with Gasteiger partial charge in [0.25, 0.3) is 5.91 Å². The largest absolute Gasteiger partial charge is 0.384 e. The van der Waals surface area contributed by atoms with Crippen LogP contribution in [0.2, 0.25) is 0 Å². The quantitative estimate of drug-likeness (QED) is 0.876. The van der Waals surface area contributed by atoms with Crippen LogP contribution in [0, 0.1) is 12.8 Å². The van der Waals surface area contributed by atoms with Gasteiger partial charge in [-0.2, -0.15) is 0 Å². The Morgan fingerprint density at radius 3 is 2.75 bits per heavy atom. The summed E-state index contributed by atoms with van der Waals surface area (Å²) in [6.45, 7) is 6.88. The van der Waals surface area contributed by atoms with Crippen LogP contribution in [0.15, 0.2) is 28.9 Å². The third-order valence-electron chi connectivity index (χ3n) is 2.58. The van der Waals surface area contributed by atoms with Crippen LogP contribution < -0.4 is 10.6 Å². The lowest BCUT2D eigenvalue weighted by molar-refractivity contribution is 0.102. The van der Waals surface area contributed by atoms with Crippen molar-refractivity contribution in [2.45, 2.75) is 20.8 Å². The number of carbonyl (C=O) groups excluding carboxylic acids is 1. The minimum Gasteiger partial charge on any atom is -0.384 e. The van der Waals surface area contributed by atoms with Crippen molar-refractivity contribution in [2.75, 3.05) is 17.2 Å². The minimum atomic E-state index is -0.311. The molecule has 6 heteroatoms. The van der Waals surface area contributed by atoms with Crippen molar-refractivity contribution >= 4 is 17.4 Å². The standard InChI is InChI=1S/C14H18N4O2/c1-9(2)7-15-11-4-5-12(16-8-11)14(19)17-13-6-10(3)20-18-13/h4-6,8-9,15H,7H2,1-3H3,(H,17,18,19). The number of nitrogens with one attached hydrogen (secondary N) is 2. The number of pyridine rings is 1. The zero-order valence-corrected chi connectivity index (χ0v) is 11.8.